The number of carbonyl (C=O) groups excluding carboxylic acids is 1. The Morgan fingerprint density at radius 3 is 2.61 bits per heavy atom. The van der Waals surface area contributed by atoms with Crippen molar-refractivity contribution in [1.82, 2.24) is 9.97 Å². The molecule has 4 nitrogen and oxygen atoms in total. The summed E-state index contributed by atoms with van der Waals surface area (Å²) >= 11 is 0. The molecule has 0 atom stereocenters. The number of amides is 1. The third-order valence-electron chi connectivity index (χ3n) is 3.37. The number of aromatic amines is 1. The van der Waals surface area contributed by atoms with Crippen molar-refractivity contribution < 1.29 is 4.79 Å². The van der Waals surface area contributed by atoms with Gasteiger partial charge >= 0.3 is 0 Å². The maximum absolute atomic E-state index is 11.7. The highest BCUT2D eigenvalue weighted by Crippen LogP contribution is 2.21. The minimum absolute atomic E-state index is 0.153. The van der Waals surface area contributed by atoms with Crippen LogP contribution in [0.3, 0.4) is 0 Å². The average Bonchev–Trinajstić information content (AvgIpc) is 3.00. The molecule has 0 unspecified atom stereocenters. The van der Waals surface area contributed by atoms with Crippen molar-refractivity contribution in [2.45, 2.75) is 6.92 Å². The van der Waals surface area contributed by atoms with Crippen molar-refractivity contribution >= 4 is 22.6 Å². The van der Waals surface area contributed by atoms with E-state index in [-0.39, 0.29) is 5.91 Å². The first-order valence-electron chi connectivity index (χ1n) is 7.42. The van der Waals surface area contributed by atoms with E-state index in [2.05, 4.69) is 15.3 Å². The SMILES string of the molecule is C/C=C/C=C/C(=O)Nc1ccc(-c2nc3ccccc3[nH]2)cc1. The standard InChI is InChI=1S/C19H17N3O/c1-2-3-4-9-18(23)20-15-12-10-14(11-13-15)19-21-16-7-5-6-8-17(16)22-19/h2-13H,1H3,(H,20,23)(H,21,22)/b3-2+,9-4+. The predicted octanol–water partition coefficient (Wildman–Crippen LogP) is 4.30. The minimum atomic E-state index is -0.153. The lowest BCUT2D eigenvalue weighted by atomic mass is 10.2. The van der Waals surface area contributed by atoms with Gasteiger partial charge in [-0.05, 0) is 43.3 Å². The number of nitrogens with zero attached hydrogens (tertiary/aromatic N) is 1. The van der Waals surface area contributed by atoms with E-state index in [0.29, 0.717) is 0 Å². The van der Waals surface area contributed by atoms with E-state index in [1.807, 2.05) is 67.6 Å². The zero-order valence-electron chi connectivity index (χ0n) is 12.8. The number of fused-ring (bicyclic) bond motifs is 1. The van der Waals surface area contributed by atoms with Gasteiger partial charge in [-0.2, -0.15) is 0 Å². The van der Waals surface area contributed by atoms with Crippen molar-refractivity contribution in [3.05, 3.63) is 72.8 Å². The lowest BCUT2D eigenvalue weighted by Gasteiger charge is -2.03. The van der Waals surface area contributed by atoms with Gasteiger partial charge in [-0.15, -0.1) is 0 Å². The summed E-state index contributed by atoms with van der Waals surface area (Å²) in [6, 6.07) is 15.5. The Bertz CT molecular complexity index is 840. The molecule has 0 aliphatic carbocycles. The van der Waals surface area contributed by atoms with Crippen LogP contribution in [0, 0.1) is 0 Å². The van der Waals surface area contributed by atoms with Crippen LogP contribution in [-0.4, -0.2) is 15.9 Å². The lowest BCUT2D eigenvalue weighted by molar-refractivity contribution is -0.111. The molecule has 2 N–H and O–H groups in total. The Morgan fingerprint density at radius 1 is 1.09 bits per heavy atom. The maximum Gasteiger partial charge on any atom is 0.248 e. The monoisotopic (exact) mass is 303 g/mol. The van der Waals surface area contributed by atoms with Crippen LogP contribution < -0.4 is 5.32 Å². The highest BCUT2D eigenvalue weighted by molar-refractivity contribution is 5.99. The summed E-state index contributed by atoms with van der Waals surface area (Å²) in [7, 11) is 0. The molecule has 0 fully saturated rings. The molecule has 0 bridgehead atoms. The number of para-hydroxylation sites is 2. The van der Waals surface area contributed by atoms with Crippen molar-refractivity contribution in [2.24, 2.45) is 0 Å². The van der Waals surface area contributed by atoms with Crippen LogP contribution >= 0.6 is 0 Å². The van der Waals surface area contributed by atoms with E-state index in [9.17, 15) is 4.79 Å². The van der Waals surface area contributed by atoms with E-state index in [4.69, 9.17) is 0 Å². The van der Waals surface area contributed by atoms with Crippen molar-refractivity contribution in [3.63, 3.8) is 0 Å². The number of aromatic nitrogens is 2. The smallest absolute Gasteiger partial charge is 0.248 e. The number of allylic oxidation sites excluding steroid dienone is 3. The molecule has 0 spiro atoms. The molecule has 0 saturated heterocycles. The molecule has 1 amide bonds. The molecule has 0 radical (unpaired) electrons. The van der Waals surface area contributed by atoms with Crippen molar-refractivity contribution in [3.8, 4) is 11.4 Å². The first-order valence-corrected chi connectivity index (χ1v) is 7.42. The number of nitrogens with one attached hydrogen (secondary N) is 2. The number of hydrogen-bond acceptors (Lipinski definition) is 2. The highest BCUT2D eigenvalue weighted by atomic mass is 16.1. The Morgan fingerprint density at radius 2 is 1.87 bits per heavy atom. The van der Waals surface area contributed by atoms with E-state index in [1.165, 1.54) is 6.08 Å². The van der Waals surface area contributed by atoms with E-state index < -0.39 is 0 Å². The van der Waals surface area contributed by atoms with Gasteiger partial charge in [0.15, 0.2) is 0 Å². The maximum atomic E-state index is 11.7. The van der Waals surface area contributed by atoms with Crippen LogP contribution in [-0.2, 0) is 4.79 Å². The Hall–Kier alpha value is -3.14. The number of H-pyrrole nitrogens is 1. The largest absolute Gasteiger partial charge is 0.338 e. The third kappa shape index (κ3) is 3.55. The molecule has 1 aromatic heterocycles. The van der Waals surface area contributed by atoms with Crippen LogP contribution in [0.4, 0.5) is 5.69 Å². The molecule has 0 saturated carbocycles. The van der Waals surface area contributed by atoms with Gasteiger partial charge in [0.25, 0.3) is 0 Å². The van der Waals surface area contributed by atoms with Gasteiger partial charge < -0.3 is 10.3 Å². The number of rotatable bonds is 4. The first kappa shape index (κ1) is 14.8. The summed E-state index contributed by atoms with van der Waals surface area (Å²) in [4.78, 5) is 19.6. The lowest BCUT2D eigenvalue weighted by Crippen LogP contribution is -2.07. The molecule has 0 aliphatic rings. The molecule has 23 heavy (non-hydrogen) atoms. The molecular formula is C19H17N3O. The molecule has 1 heterocycles. The molecule has 114 valence electrons. The fourth-order valence-electron chi connectivity index (χ4n) is 2.24. The second-order valence-electron chi connectivity index (χ2n) is 5.05. The Balaban J connectivity index is 1.75. The second-order valence-corrected chi connectivity index (χ2v) is 5.05. The van der Waals surface area contributed by atoms with E-state index in [1.54, 1.807) is 6.08 Å². The van der Waals surface area contributed by atoms with Crippen LogP contribution in [0.1, 0.15) is 6.92 Å². The average molecular weight is 303 g/mol. The molecular weight excluding hydrogens is 286 g/mol. The zero-order valence-corrected chi connectivity index (χ0v) is 12.8. The predicted molar refractivity (Wildman–Crippen MR) is 94.1 cm³/mol. The summed E-state index contributed by atoms with van der Waals surface area (Å²) in [5, 5.41) is 2.82. The Kier molecular flexibility index (Phi) is 4.34. The van der Waals surface area contributed by atoms with Gasteiger partial charge in [-0.25, -0.2) is 4.98 Å². The molecule has 0 aliphatic heterocycles. The van der Waals surface area contributed by atoms with Gasteiger partial charge in [-0.1, -0.05) is 30.4 Å². The normalized spacial score (nSPS) is 11.5. The summed E-state index contributed by atoms with van der Waals surface area (Å²) in [5.41, 5.74) is 3.67. The summed E-state index contributed by atoms with van der Waals surface area (Å²) in [6.45, 7) is 1.90. The highest BCUT2D eigenvalue weighted by Gasteiger charge is 2.05. The number of anilines is 1. The van der Waals surface area contributed by atoms with Crippen LogP contribution in [0.2, 0.25) is 0 Å². The fraction of sp³-hybridized carbons (Fsp3) is 0.0526. The minimum Gasteiger partial charge on any atom is -0.338 e. The topological polar surface area (TPSA) is 57.8 Å². The summed E-state index contributed by atoms with van der Waals surface area (Å²) in [5.74, 6) is 0.664. The number of benzene rings is 2. The first-order chi connectivity index (χ1) is 11.3. The fourth-order valence-corrected chi connectivity index (χ4v) is 2.24. The van der Waals surface area contributed by atoms with Crippen LogP contribution in [0.25, 0.3) is 22.4 Å². The van der Waals surface area contributed by atoms with Crippen molar-refractivity contribution in [1.29, 1.82) is 0 Å². The molecule has 3 aromatic rings. The van der Waals surface area contributed by atoms with Crippen LogP contribution in [0.5, 0.6) is 0 Å². The molecule has 4 heteroatoms. The van der Waals surface area contributed by atoms with E-state index in [0.717, 1.165) is 28.1 Å². The summed E-state index contributed by atoms with van der Waals surface area (Å²) in [6.07, 6.45) is 6.88. The third-order valence-corrected chi connectivity index (χ3v) is 3.37. The number of imidazole rings is 1. The number of hydrogen-bond donors (Lipinski definition) is 2. The molecule has 3 rings (SSSR count). The quantitative estimate of drug-likeness (QED) is 0.557. The summed E-state index contributed by atoms with van der Waals surface area (Å²) < 4.78 is 0. The van der Waals surface area contributed by atoms with Gasteiger partial charge in [0, 0.05) is 17.3 Å². The van der Waals surface area contributed by atoms with Gasteiger partial charge in [-0.3, -0.25) is 4.79 Å². The zero-order chi connectivity index (χ0) is 16.1. The Labute approximate surface area is 134 Å². The van der Waals surface area contributed by atoms with Gasteiger partial charge in [0.2, 0.25) is 5.91 Å². The molecule has 2 aromatic carbocycles. The van der Waals surface area contributed by atoms with Gasteiger partial charge in [0.1, 0.15) is 5.82 Å². The van der Waals surface area contributed by atoms with Crippen molar-refractivity contribution in [2.75, 3.05) is 5.32 Å². The second kappa shape index (κ2) is 6.75. The van der Waals surface area contributed by atoms with Gasteiger partial charge in [0.05, 0.1) is 11.0 Å². The number of carbonyl (C=O) groups is 1. The van der Waals surface area contributed by atoms with Crippen LogP contribution in [0.15, 0.2) is 72.8 Å². The van der Waals surface area contributed by atoms with E-state index >= 15 is 0 Å².